The second kappa shape index (κ2) is 7.66. The molecule has 1 aliphatic heterocycles. The molecule has 132 valence electrons. The number of benzene rings is 2. The Hall–Kier alpha value is -2.40. The first-order chi connectivity index (χ1) is 12.1. The van der Waals surface area contributed by atoms with E-state index >= 15 is 0 Å². The maximum atomic E-state index is 13.8. The topological polar surface area (TPSA) is 32.8 Å². The van der Waals surface area contributed by atoms with Crippen molar-refractivity contribution in [1.82, 2.24) is 9.80 Å². The number of methoxy groups -OCH3 is 1. The van der Waals surface area contributed by atoms with Gasteiger partial charge in [0.1, 0.15) is 11.6 Å². The highest BCUT2D eigenvalue weighted by Crippen LogP contribution is 2.21. The van der Waals surface area contributed by atoms with Gasteiger partial charge in [-0.3, -0.25) is 9.69 Å². The number of carbonyl (C=O) groups excluding carboxylic acids is 1. The van der Waals surface area contributed by atoms with Gasteiger partial charge in [0.2, 0.25) is 0 Å². The zero-order valence-electron chi connectivity index (χ0n) is 14.7. The van der Waals surface area contributed by atoms with Gasteiger partial charge in [0.15, 0.2) is 0 Å². The Morgan fingerprint density at radius 2 is 1.84 bits per heavy atom. The second-order valence-electron chi connectivity index (χ2n) is 6.34. The van der Waals surface area contributed by atoms with E-state index in [1.54, 1.807) is 19.2 Å². The fraction of sp³-hybridized carbons (Fsp3) is 0.350. The molecule has 3 rings (SSSR count). The Kier molecular flexibility index (Phi) is 5.34. The summed E-state index contributed by atoms with van der Waals surface area (Å²) in [5.41, 5.74) is 2.35. The Bertz CT molecular complexity index is 755. The molecule has 5 heteroatoms. The van der Waals surface area contributed by atoms with Crippen LogP contribution in [0.5, 0.6) is 5.75 Å². The summed E-state index contributed by atoms with van der Waals surface area (Å²) in [5.74, 6) is 0.570. The minimum Gasteiger partial charge on any atom is -0.496 e. The molecule has 0 unspecified atom stereocenters. The molecule has 0 N–H and O–H groups in total. The molecule has 0 spiro atoms. The average Bonchev–Trinajstić information content (AvgIpc) is 2.64. The van der Waals surface area contributed by atoms with Gasteiger partial charge in [-0.25, -0.2) is 4.39 Å². The zero-order chi connectivity index (χ0) is 17.8. The van der Waals surface area contributed by atoms with Gasteiger partial charge in [0.25, 0.3) is 5.91 Å². The molecule has 4 nitrogen and oxygen atoms in total. The van der Waals surface area contributed by atoms with Crippen molar-refractivity contribution < 1.29 is 13.9 Å². The van der Waals surface area contributed by atoms with E-state index in [1.807, 2.05) is 36.1 Å². The lowest BCUT2D eigenvalue weighted by Crippen LogP contribution is -2.48. The maximum Gasteiger partial charge on any atom is 0.254 e. The molecule has 1 amide bonds. The van der Waals surface area contributed by atoms with Gasteiger partial charge >= 0.3 is 0 Å². The van der Waals surface area contributed by atoms with Crippen molar-refractivity contribution in [2.24, 2.45) is 0 Å². The molecule has 25 heavy (non-hydrogen) atoms. The van der Waals surface area contributed by atoms with Crippen LogP contribution in [-0.4, -0.2) is 49.0 Å². The lowest BCUT2D eigenvalue weighted by Gasteiger charge is -2.35. The Morgan fingerprint density at radius 3 is 2.52 bits per heavy atom. The van der Waals surface area contributed by atoms with E-state index in [2.05, 4.69) is 4.90 Å². The minimum absolute atomic E-state index is 0.0174. The van der Waals surface area contributed by atoms with Gasteiger partial charge in [-0.05, 0) is 30.7 Å². The van der Waals surface area contributed by atoms with Crippen LogP contribution in [0, 0.1) is 12.7 Å². The van der Waals surface area contributed by atoms with Crippen LogP contribution in [0.4, 0.5) is 4.39 Å². The third kappa shape index (κ3) is 3.99. The zero-order valence-corrected chi connectivity index (χ0v) is 14.7. The molecule has 1 saturated heterocycles. The Labute approximate surface area is 147 Å². The predicted molar refractivity (Wildman–Crippen MR) is 95.3 cm³/mol. The van der Waals surface area contributed by atoms with Crippen LogP contribution in [0.3, 0.4) is 0 Å². The van der Waals surface area contributed by atoms with E-state index in [1.165, 1.54) is 6.07 Å². The standard InChI is InChI=1S/C20H23FN2O2/c1-15-7-8-16(13-19(15)25-2)20(24)23-11-9-22(10-12-23)14-17-5-3-4-6-18(17)21/h3-8,13H,9-12,14H2,1-2H3. The fourth-order valence-corrected chi connectivity index (χ4v) is 3.11. The highest BCUT2D eigenvalue weighted by molar-refractivity contribution is 5.94. The monoisotopic (exact) mass is 342 g/mol. The summed E-state index contributed by atoms with van der Waals surface area (Å²) in [6, 6.07) is 12.4. The van der Waals surface area contributed by atoms with Crippen LogP contribution in [-0.2, 0) is 6.54 Å². The van der Waals surface area contributed by atoms with E-state index < -0.39 is 0 Å². The van der Waals surface area contributed by atoms with Crippen LogP contribution in [0.2, 0.25) is 0 Å². The third-order valence-corrected chi connectivity index (χ3v) is 4.67. The SMILES string of the molecule is COc1cc(C(=O)N2CCN(Cc3ccccc3F)CC2)ccc1C. The van der Waals surface area contributed by atoms with E-state index in [0.29, 0.717) is 30.8 Å². The first kappa shape index (κ1) is 17.4. The van der Waals surface area contributed by atoms with Crippen molar-refractivity contribution in [3.05, 3.63) is 65.0 Å². The maximum absolute atomic E-state index is 13.8. The number of hydrogen-bond donors (Lipinski definition) is 0. The van der Waals surface area contributed by atoms with E-state index in [0.717, 1.165) is 24.4 Å². The molecule has 2 aromatic carbocycles. The average molecular weight is 342 g/mol. The molecule has 0 atom stereocenters. The molecule has 1 aliphatic rings. The largest absolute Gasteiger partial charge is 0.496 e. The van der Waals surface area contributed by atoms with Gasteiger partial charge in [0.05, 0.1) is 7.11 Å². The first-order valence-corrected chi connectivity index (χ1v) is 8.48. The van der Waals surface area contributed by atoms with E-state index in [-0.39, 0.29) is 11.7 Å². The van der Waals surface area contributed by atoms with Crippen molar-refractivity contribution in [2.45, 2.75) is 13.5 Å². The molecule has 1 fully saturated rings. The summed E-state index contributed by atoms with van der Waals surface area (Å²) < 4.78 is 19.1. The van der Waals surface area contributed by atoms with Gasteiger partial charge in [0, 0.05) is 43.9 Å². The minimum atomic E-state index is -0.173. The number of amides is 1. The van der Waals surface area contributed by atoms with Gasteiger partial charge in [-0.15, -0.1) is 0 Å². The molecule has 0 aromatic heterocycles. The van der Waals surface area contributed by atoms with Crippen LogP contribution >= 0.6 is 0 Å². The van der Waals surface area contributed by atoms with Crippen LogP contribution in [0.15, 0.2) is 42.5 Å². The number of rotatable bonds is 4. The fourth-order valence-electron chi connectivity index (χ4n) is 3.11. The van der Waals surface area contributed by atoms with Crippen LogP contribution in [0.25, 0.3) is 0 Å². The number of halogens is 1. The van der Waals surface area contributed by atoms with Crippen molar-refractivity contribution in [3.63, 3.8) is 0 Å². The number of carbonyl (C=O) groups is 1. The smallest absolute Gasteiger partial charge is 0.254 e. The molecule has 0 aliphatic carbocycles. The molecule has 2 aromatic rings. The lowest BCUT2D eigenvalue weighted by molar-refractivity contribution is 0.0626. The first-order valence-electron chi connectivity index (χ1n) is 8.48. The highest BCUT2D eigenvalue weighted by Gasteiger charge is 2.23. The van der Waals surface area contributed by atoms with Crippen molar-refractivity contribution in [1.29, 1.82) is 0 Å². The number of ether oxygens (including phenoxy) is 1. The van der Waals surface area contributed by atoms with Crippen molar-refractivity contribution in [3.8, 4) is 5.75 Å². The second-order valence-corrected chi connectivity index (χ2v) is 6.34. The van der Waals surface area contributed by atoms with Gasteiger partial charge in [-0.1, -0.05) is 24.3 Å². The summed E-state index contributed by atoms with van der Waals surface area (Å²) >= 11 is 0. The van der Waals surface area contributed by atoms with E-state index in [9.17, 15) is 9.18 Å². The Morgan fingerprint density at radius 1 is 1.12 bits per heavy atom. The number of nitrogens with zero attached hydrogens (tertiary/aromatic N) is 2. The predicted octanol–water partition coefficient (Wildman–Crippen LogP) is 3.10. The number of piperazine rings is 1. The number of hydrogen-bond acceptors (Lipinski definition) is 3. The van der Waals surface area contributed by atoms with Crippen LogP contribution in [0.1, 0.15) is 21.5 Å². The molecule has 1 heterocycles. The summed E-state index contributed by atoms with van der Waals surface area (Å²) in [4.78, 5) is 16.7. The Balaban J connectivity index is 1.60. The summed E-state index contributed by atoms with van der Waals surface area (Å²) in [6.45, 7) is 5.29. The normalized spacial score (nSPS) is 15.2. The van der Waals surface area contributed by atoms with Crippen molar-refractivity contribution in [2.75, 3.05) is 33.3 Å². The molecule has 0 saturated carbocycles. The summed E-state index contributed by atoms with van der Waals surface area (Å²) in [6.07, 6.45) is 0. The highest BCUT2D eigenvalue weighted by atomic mass is 19.1. The van der Waals surface area contributed by atoms with Gasteiger partial charge < -0.3 is 9.64 Å². The van der Waals surface area contributed by atoms with Gasteiger partial charge in [-0.2, -0.15) is 0 Å². The van der Waals surface area contributed by atoms with E-state index in [4.69, 9.17) is 4.74 Å². The number of aryl methyl sites for hydroxylation is 1. The summed E-state index contributed by atoms with van der Waals surface area (Å²) in [7, 11) is 1.61. The van der Waals surface area contributed by atoms with Crippen LogP contribution < -0.4 is 4.74 Å². The quantitative estimate of drug-likeness (QED) is 0.856. The molecular weight excluding hydrogens is 319 g/mol. The molecular formula is C20H23FN2O2. The van der Waals surface area contributed by atoms with Crippen molar-refractivity contribution >= 4 is 5.91 Å². The summed E-state index contributed by atoms with van der Waals surface area (Å²) in [5, 5.41) is 0. The molecule has 0 radical (unpaired) electrons. The molecule has 0 bridgehead atoms. The third-order valence-electron chi connectivity index (χ3n) is 4.67. The lowest BCUT2D eigenvalue weighted by atomic mass is 10.1.